The molecule has 4 rings (SSSR count). The molecule has 0 amide bonds. The molecule has 0 atom stereocenters. The third-order valence-electron chi connectivity index (χ3n) is 3.91. The van der Waals surface area contributed by atoms with E-state index < -0.39 is 0 Å². The topological polar surface area (TPSA) is 41.9 Å². The van der Waals surface area contributed by atoms with Gasteiger partial charge in [-0.3, -0.25) is 4.90 Å². The second-order valence-electron chi connectivity index (χ2n) is 5.56. The largest absolute Gasteiger partial charge is 0.293 e. The van der Waals surface area contributed by atoms with Crippen molar-refractivity contribution >= 4 is 27.3 Å². The number of fused-ring (bicyclic) bond motifs is 1. The van der Waals surface area contributed by atoms with Crippen LogP contribution >= 0.6 is 27.3 Å². The minimum absolute atomic E-state index is 0.848. The highest BCUT2D eigenvalue weighted by Crippen LogP contribution is 2.24. The zero-order chi connectivity index (χ0) is 15.6. The number of hydrogen-bond donors (Lipinski definition) is 0. The van der Waals surface area contributed by atoms with Crippen LogP contribution in [-0.2, 0) is 19.5 Å². The molecule has 116 valence electrons. The molecule has 0 radical (unpaired) electrons. The van der Waals surface area contributed by atoms with Crippen LogP contribution in [0.3, 0.4) is 0 Å². The third-order valence-corrected chi connectivity index (χ3v) is 5.22. The molecule has 4 heterocycles. The summed E-state index contributed by atoms with van der Waals surface area (Å²) in [7, 11) is 0. The Balaban J connectivity index is 1.51. The SMILES string of the molecule is Brc1cccc(CN2CCc3nc(-c4cccs4)ncc3C2)n1. The molecule has 0 spiro atoms. The fraction of sp³-hybridized carbons (Fsp3) is 0.235. The van der Waals surface area contributed by atoms with Gasteiger partial charge in [-0.25, -0.2) is 15.0 Å². The molecule has 0 aromatic carbocycles. The molecule has 0 N–H and O–H groups in total. The van der Waals surface area contributed by atoms with E-state index in [1.165, 1.54) is 11.3 Å². The zero-order valence-corrected chi connectivity index (χ0v) is 14.8. The van der Waals surface area contributed by atoms with E-state index in [2.05, 4.69) is 48.3 Å². The van der Waals surface area contributed by atoms with Gasteiger partial charge in [0.1, 0.15) is 4.60 Å². The Labute approximate surface area is 147 Å². The van der Waals surface area contributed by atoms with Gasteiger partial charge in [0.15, 0.2) is 5.82 Å². The molecule has 0 unspecified atom stereocenters. The number of rotatable bonds is 3. The van der Waals surface area contributed by atoms with Crippen LogP contribution in [0, 0.1) is 0 Å². The number of halogens is 1. The number of thiophene rings is 1. The van der Waals surface area contributed by atoms with Crippen molar-refractivity contribution < 1.29 is 0 Å². The van der Waals surface area contributed by atoms with E-state index in [-0.39, 0.29) is 0 Å². The van der Waals surface area contributed by atoms with Crippen molar-refractivity contribution in [3.05, 3.63) is 63.5 Å². The first-order valence-corrected chi connectivity index (χ1v) is 9.18. The van der Waals surface area contributed by atoms with Gasteiger partial charge in [-0.2, -0.15) is 0 Å². The van der Waals surface area contributed by atoms with Crippen LogP contribution in [0.15, 0.2) is 46.5 Å². The highest BCUT2D eigenvalue weighted by molar-refractivity contribution is 9.10. The molecule has 1 aliphatic rings. The van der Waals surface area contributed by atoms with Crippen LogP contribution in [0.2, 0.25) is 0 Å². The predicted molar refractivity (Wildman–Crippen MR) is 95.1 cm³/mol. The van der Waals surface area contributed by atoms with E-state index in [1.807, 2.05) is 24.4 Å². The van der Waals surface area contributed by atoms with Gasteiger partial charge in [0.05, 0.1) is 16.3 Å². The maximum atomic E-state index is 4.76. The third kappa shape index (κ3) is 3.34. The molecular weight excluding hydrogens is 372 g/mol. The normalized spacial score (nSPS) is 14.7. The van der Waals surface area contributed by atoms with Gasteiger partial charge in [-0.05, 0) is 39.5 Å². The summed E-state index contributed by atoms with van der Waals surface area (Å²) >= 11 is 5.11. The van der Waals surface area contributed by atoms with E-state index in [9.17, 15) is 0 Å². The fourth-order valence-electron chi connectivity index (χ4n) is 2.80. The van der Waals surface area contributed by atoms with Gasteiger partial charge in [0, 0.05) is 37.8 Å². The molecule has 1 aliphatic heterocycles. The average molecular weight is 387 g/mol. The molecule has 0 bridgehead atoms. The first-order valence-electron chi connectivity index (χ1n) is 7.50. The van der Waals surface area contributed by atoms with Crippen LogP contribution in [0.4, 0.5) is 0 Å². The lowest BCUT2D eigenvalue weighted by Crippen LogP contribution is -2.31. The summed E-state index contributed by atoms with van der Waals surface area (Å²) in [6, 6.07) is 10.2. The van der Waals surface area contributed by atoms with Gasteiger partial charge in [0.2, 0.25) is 0 Å². The Kier molecular flexibility index (Phi) is 4.20. The number of hydrogen-bond acceptors (Lipinski definition) is 5. The lowest BCUT2D eigenvalue weighted by atomic mass is 10.1. The first-order chi connectivity index (χ1) is 11.3. The highest BCUT2D eigenvalue weighted by atomic mass is 79.9. The minimum atomic E-state index is 0.848. The van der Waals surface area contributed by atoms with Gasteiger partial charge in [-0.15, -0.1) is 11.3 Å². The monoisotopic (exact) mass is 386 g/mol. The number of aromatic nitrogens is 3. The minimum Gasteiger partial charge on any atom is -0.293 e. The van der Waals surface area contributed by atoms with Crippen LogP contribution in [0.1, 0.15) is 17.0 Å². The van der Waals surface area contributed by atoms with Gasteiger partial charge in [-0.1, -0.05) is 12.1 Å². The smallest absolute Gasteiger partial charge is 0.169 e. The summed E-state index contributed by atoms with van der Waals surface area (Å²) in [5.41, 5.74) is 3.49. The van der Waals surface area contributed by atoms with Crippen molar-refractivity contribution in [3.8, 4) is 10.7 Å². The van der Waals surface area contributed by atoms with Gasteiger partial charge in [0.25, 0.3) is 0 Å². The summed E-state index contributed by atoms with van der Waals surface area (Å²) in [4.78, 5) is 17.3. The molecule has 23 heavy (non-hydrogen) atoms. The molecule has 0 saturated heterocycles. The van der Waals surface area contributed by atoms with Crippen molar-refractivity contribution in [1.82, 2.24) is 19.9 Å². The lowest BCUT2D eigenvalue weighted by molar-refractivity contribution is 0.240. The zero-order valence-electron chi connectivity index (χ0n) is 12.4. The van der Waals surface area contributed by atoms with E-state index in [4.69, 9.17) is 4.98 Å². The van der Waals surface area contributed by atoms with Crippen LogP contribution in [0.5, 0.6) is 0 Å². The number of nitrogens with zero attached hydrogens (tertiary/aromatic N) is 4. The molecule has 3 aromatic rings. The average Bonchev–Trinajstić information content (AvgIpc) is 3.09. The molecular formula is C17H15BrN4S. The lowest BCUT2D eigenvalue weighted by Gasteiger charge is -2.27. The predicted octanol–water partition coefficient (Wildman–Crippen LogP) is 3.92. The quantitative estimate of drug-likeness (QED) is 0.639. The van der Waals surface area contributed by atoms with Crippen molar-refractivity contribution in [1.29, 1.82) is 0 Å². The van der Waals surface area contributed by atoms with Gasteiger partial charge >= 0.3 is 0 Å². The van der Waals surface area contributed by atoms with Crippen LogP contribution in [0.25, 0.3) is 10.7 Å². The number of pyridine rings is 1. The van der Waals surface area contributed by atoms with Crippen molar-refractivity contribution in [2.75, 3.05) is 6.54 Å². The van der Waals surface area contributed by atoms with Crippen molar-refractivity contribution in [3.63, 3.8) is 0 Å². The second kappa shape index (κ2) is 6.47. The standard InChI is InChI=1S/C17H15BrN4S/c18-16-5-1-3-13(20-16)11-22-7-6-14-12(10-22)9-19-17(21-14)15-4-2-8-23-15/h1-5,8-9H,6-7,10-11H2. The maximum Gasteiger partial charge on any atom is 0.169 e. The summed E-state index contributed by atoms with van der Waals surface area (Å²) < 4.78 is 0.885. The molecule has 6 heteroatoms. The molecule has 4 nitrogen and oxygen atoms in total. The Hall–Kier alpha value is -1.63. The van der Waals surface area contributed by atoms with Crippen molar-refractivity contribution in [2.45, 2.75) is 19.5 Å². The summed E-state index contributed by atoms with van der Waals surface area (Å²) in [5, 5.41) is 2.06. The molecule has 0 aliphatic carbocycles. The maximum absolute atomic E-state index is 4.76. The molecule has 0 saturated carbocycles. The van der Waals surface area contributed by atoms with Crippen molar-refractivity contribution in [2.24, 2.45) is 0 Å². The fourth-order valence-corrected chi connectivity index (χ4v) is 3.85. The first kappa shape index (κ1) is 14.9. The Morgan fingerprint density at radius 1 is 1.17 bits per heavy atom. The summed E-state index contributed by atoms with van der Waals surface area (Å²) in [5.74, 6) is 0.848. The highest BCUT2D eigenvalue weighted by Gasteiger charge is 2.19. The Morgan fingerprint density at radius 2 is 2.13 bits per heavy atom. The summed E-state index contributed by atoms with van der Waals surface area (Å²) in [6.45, 7) is 2.74. The molecule has 0 fully saturated rings. The van der Waals surface area contributed by atoms with E-state index in [0.29, 0.717) is 0 Å². The van der Waals surface area contributed by atoms with Crippen LogP contribution in [-0.4, -0.2) is 26.4 Å². The van der Waals surface area contributed by atoms with E-state index >= 15 is 0 Å². The second-order valence-corrected chi connectivity index (χ2v) is 7.32. The Morgan fingerprint density at radius 3 is 2.96 bits per heavy atom. The molecule has 3 aromatic heterocycles. The van der Waals surface area contributed by atoms with E-state index in [1.54, 1.807) is 11.3 Å². The van der Waals surface area contributed by atoms with Gasteiger partial charge < -0.3 is 0 Å². The van der Waals surface area contributed by atoms with Crippen LogP contribution < -0.4 is 0 Å². The van der Waals surface area contributed by atoms with E-state index in [0.717, 1.165) is 47.1 Å². The Bertz CT molecular complexity index is 819. The summed E-state index contributed by atoms with van der Waals surface area (Å²) in [6.07, 6.45) is 2.95.